The van der Waals surface area contributed by atoms with Crippen LogP contribution in [0.5, 0.6) is 5.75 Å². The third-order valence-electron chi connectivity index (χ3n) is 6.46. The number of fused-ring (bicyclic) bond motifs is 5. The Kier molecular flexibility index (Phi) is 3.82. The summed E-state index contributed by atoms with van der Waals surface area (Å²) >= 11 is 0. The van der Waals surface area contributed by atoms with Crippen molar-refractivity contribution >= 4 is 5.91 Å². The van der Waals surface area contributed by atoms with Gasteiger partial charge in [0.15, 0.2) is 6.61 Å². The number of nitrogens with one attached hydrogen (secondary N) is 1. The standard InChI is InChI=1S/C20H27NO2/c1-12-6-7-19(13(2)8-12)23-11-20(22)21-18-10-14-9-17(18)16-5-3-4-15(14)16/h6-8,14-18H,3-5,9-11H2,1-2H3,(H,21,22)/t14-,15-,16+,17+,18-/m1/s1. The fraction of sp³-hybridized carbons (Fsp3) is 0.650. The van der Waals surface area contributed by atoms with Crippen molar-refractivity contribution in [2.75, 3.05) is 6.61 Å². The molecular formula is C20H27NO2. The molecular weight excluding hydrogens is 286 g/mol. The number of rotatable bonds is 4. The molecule has 0 aromatic heterocycles. The first-order valence-corrected chi connectivity index (χ1v) is 9.11. The number of carbonyl (C=O) groups is 1. The molecule has 3 fully saturated rings. The third-order valence-corrected chi connectivity index (χ3v) is 6.46. The van der Waals surface area contributed by atoms with Gasteiger partial charge < -0.3 is 10.1 Å². The summed E-state index contributed by atoms with van der Waals surface area (Å²) < 4.78 is 5.72. The molecule has 4 rings (SSSR count). The van der Waals surface area contributed by atoms with Gasteiger partial charge in [0.05, 0.1) is 0 Å². The van der Waals surface area contributed by atoms with Gasteiger partial charge in [-0.15, -0.1) is 0 Å². The molecule has 124 valence electrons. The quantitative estimate of drug-likeness (QED) is 0.922. The Hall–Kier alpha value is -1.51. The molecule has 0 unspecified atom stereocenters. The Labute approximate surface area is 138 Å². The SMILES string of the molecule is Cc1ccc(OCC(=O)N[C@@H]2C[C@H]3C[C@H]2[C@H]2CCC[C@H]32)c(C)c1. The highest BCUT2D eigenvalue weighted by atomic mass is 16.5. The van der Waals surface area contributed by atoms with Gasteiger partial charge in [-0.05, 0) is 74.8 Å². The molecule has 1 aromatic carbocycles. The molecule has 23 heavy (non-hydrogen) atoms. The fourth-order valence-electron chi connectivity index (χ4n) is 5.59. The van der Waals surface area contributed by atoms with E-state index in [0.29, 0.717) is 6.04 Å². The lowest BCUT2D eigenvalue weighted by Gasteiger charge is -2.32. The van der Waals surface area contributed by atoms with Crippen LogP contribution in [-0.2, 0) is 4.79 Å². The predicted octanol–water partition coefficient (Wildman–Crippen LogP) is 3.62. The minimum Gasteiger partial charge on any atom is -0.484 e. The molecule has 0 radical (unpaired) electrons. The van der Waals surface area contributed by atoms with Gasteiger partial charge in [-0.1, -0.05) is 24.1 Å². The number of aryl methyl sites for hydroxylation is 2. The second-order valence-electron chi connectivity index (χ2n) is 7.89. The summed E-state index contributed by atoms with van der Waals surface area (Å²) in [5, 5.41) is 3.26. The molecule has 1 amide bonds. The maximum absolute atomic E-state index is 12.3. The van der Waals surface area contributed by atoms with Crippen molar-refractivity contribution in [3.63, 3.8) is 0 Å². The van der Waals surface area contributed by atoms with Gasteiger partial charge in [0.1, 0.15) is 5.75 Å². The first-order chi connectivity index (χ1) is 11.1. The molecule has 1 aromatic rings. The third kappa shape index (κ3) is 2.75. The van der Waals surface area contributed by atoms with Gasteiger partial charge in [-0.3, -0.25) is 4.79 Å². The molecule has 3 saturated carbocycles. The van der Waals surface area contributed by atoms with Crippen LogP contribution in [0, 0.1) is 37.5 Å². The van der Waals surface area contributed by atoms with E-state index in [1.807, 2.05) is 19.1 Å². The van der Waals surface area contributed by atoms with Gasteiger partial charge in [-0.2, -0.15) is 0 Å². The number of hydrogen-bond donors (Lipinski definition) is 1. The van der Waals surface area contributed by atoms with Crippen molar-refractivity contribution in [3.05, 3.63) is 29.3 Å². The molecule has 3 aliphatic rings. The average Bonchev–Trinajstić information content (AvgIpc) is 3.18. The highest BCUT2D eigenvalue weighted by Gasteiger charge is 2.53. The lowest BCUT2D eigenvalue weighted by Crippen LogP contribution is -2.44. The smallest absolute Gasteiger partial charge is 0.258 e. The highest BCUT2D eigenvalue weighted by molar-refractivity contribution is 5.78. The molecule has 3 aliphatic carbocycles. The Balaban J connectivity index is 1.31. The van der Waals surface area contributed by atoms with Crippen LogP contribution >= 0.6 is 0 Å². The van der Waals surface area contributed by atoms with Crippen LogP contribution in [0.4, 0.5) is 0 Å². The summed E-state index contributed by atoms with van der Waals surface area (Å²) in [7, 11) is 0. The number of carbonyl (C=O) groups excluding carboxylic acids is 1. The van der Waals surface area contributed by atoms with E-state index in [1.165, 1.54) is 37.7 Å². The lowest BCUT2D eigenvalue weighted by atomic mass is 9.79. The first-order valence-electron chi connectivity index (χ1n) is 9.11. The molecule has 5 atom stereocenters. The van der Waals surface area contributed by atoms with Crippen LogP contribution in [0.15, 0.2) is 18.2 Å². The van der Waals surface area contributed by atoms with E-state index >= 15 is 0 Å². The Morgan fingerprint density at radius 3 is 2.83 bits per heavy atom. The predicted molar refractivity (Wildman–Crippen MR) is 90.4 cm³/mol. The summed E-state index contributed by atoms with van der Waals surface area (Å²) in [6.45, 7) is 4.22. The summed E-state index contributed by atoms with van der Waals surface area (Å²) in [4.78, 5) is 12.3. The van der Waals surface area contributed by atoms with Crippen molar-refractivity contribution < 1.29 is 9.53 Å². The van der Waals surface area contributed by atoms with Crippen molar-refractivity contribution in [2.24, 2.45) is 23.7 Å². The normalized spacial score (nSPS) is 34.4. The van der Waals surface area contributed by atoms with Crippen molar-refractivity contribution in [1.82, 2.24) is 5.32 Å². The van der Waals surface area contributed by atoms with E-state index in [2.05, 4.69) is 18.3 Å². The first kappa shape index (κ1) is 15.0. The number of ether oxygens (including phenoxy) is 1. The maximum atomic E-state index is 12.3. The zero-order valence-electron chi connectivity index (χ0n) is 14.2. The summed E-state index contributed by atoms with van der Waals surface area (Å²) in [5.74, 6) is 4.32. The minimum absolute atomic E-state index is 0.0390. The van der Waals surface area contributed by atoms with E-state index in [-0.39, 0.29) is 12.5 Å². The van der Waals surface area contributed by atoms with Crippen LogP contribution in [-0.4, -0.2) is 18.6 Å². The zero-order chi connectivity index (χ0) is 16.0. The van der Waals surface area contributed by atoms with Crippen LogP contribution in [0.2, 0.25) is 0 Å². The number of benzene rings is 1. The van der Waals surface area contributed by atoms with E-state index < -0.39 is 0 Å². The van der Waals surface area contributed by atoms with Crippen LogP contribution in [0.25, 0.3) is 0 Å². The molecule has 0 aliphatic heterocycles. The van der Waals surface area contributed by atoms with Crippen LogP contribution in [0.1, 0.15) is 43.2 Å². The van der Waals surface area contributed by atoms with Crippen molar-refractivity contribution in [1.29, 1.82) is 0 Å². The number of hydrogen-bond acceptors (Lipinski definition) is 2. The molecule has 0 spiro atoms. The van der Waals surface area contributed by atoms with Crippen molar-refractivity contribution in [3.8, 4) is 5.75 Å². The Morgan fingerprint density at radius 2 is 2.00 bits per heavy atom. The van der Waals surface area contributed by atoms with E-state index in [1.54, 1.807) is 0 Å². The highest BCUT2D eigenvalue weighted by Crippen LogP contribution is 2.58. The summed E-state index contributed by atoms with van der Waals surface area (Å²) in [5.41, 5.74) is 2.30. The summed E-state index contributed by atoms with van der Waals surface area (Å²) in [6.07, 6.45) is 6.76. The van der Waals surface area contributed by atoms with Gasteiger partial charge in [0.2, 0.25) is 0 Å². The van der Waals surface area contributed by atoms with Gasteiger partial charge in [0.25, 0.3) is 5.91 Å². The molecule has 1 N–H and O–H groups in total. The maximum Gasteiger partial charge on any atom is 0.258 e. The van der Waals surface area contributed by atoms with E-state index in [9.17, 15) is 4.79 Å². The van der Waals surface area contributed by atoms with Gasteiger partial charge >= 0.3 is 0 Å². The van der Waals surface area contributed by atoms with E-state index in [0.717, 1.165) is 35.0 Å². The summed E-state index contributed by atoms with van der Waals surface area (Å²) in [6, 6.07) is 6.47. The average molecular weight is 313 g/mol. The van der Waals surface area contributed by atoms with Gasteiger partial charge in [0, 0.05) is 6.04 Å². The molecule has 3 nitrogen and oxygen atoms in total. The van der Waals surface area contributed by atoms with Crippen LogP contribution < -0.4 is 10.1 Å². The zero-order valence-corrected chi connectivity index (χ0v) is 14.2. The molecule has 0 saturated heterocycles. The second kappa shape index (κ2) is 5.85. The number of amides is 1. The van der Waals surface area contributed by atoms with E-state index in [4.69, 9.17) is 4.74 Å². The Morgan fingerprint density at radius 1 is 1.17 bits per heavy atom. The molecule has 3 heteroatoms. The molecule has 2 bridgehead atoms. The largest absolute Gasteiger partial charge is 0.484 e. The molecule has 0 heterocycles. The second-order valence-corrected chi connectivity index (χ2v) is 7.89. The topological polar surface area (TPSA) is 38.3 Å². The fourth-order valence-corrected chi connectivity index (χ4v) is 5.59. The van der Waals surface area contributed by atoms with Crippen molar-refractivity contribution in [2.45, 2.75) is 52.0 Å². The lowest BCUT2D eigenvalue weighted by molar-refractivity contribution is -0.124. The minimum atomic E-state index is 0.0390. The monoisotopic (exact) mass is 313 g/mol. The van der Waals surface area contributed by atoms with Crippen LogP contribution in [0.3, 0.4) is 0 Å². The van der Waals surface area contributed by atoms with Gasteiger partial charge in [-0.25, -0.2) is 0 Å². The Bertz CT molecular complexity index is 612.